The fourth-order valence-corrected chi connectivity index (χ4v) is 3.46. The highest BCUT2D eigenvalue weighted by atomic mass is 16.1. The van der Waals surface area contributed by atoms with Crippen molar-refractivity contribution in [3.05, 3.63) is 47.6 Å². The van der Waals surface area contributed by atoms with Gasteiger partial charge in [-0.1, -0.05) is 49.8 Å². The minimum Gasteiger partial charge on any atom is -0.295 e. The maximum absolute atomic E-state index is 11.7. The first-order valence-corrected chi connectivity index (χ1v) is 9.28. The molecule has 0 bridgehead atoms. The number of carbonyl (C=O) groups excluding carboxylic acids is 2. The van der Waals surface area contributed by atoms with Crippen LogP contribution >= 0.6 is 0 Å². The summed E-state index contributed by atoms with van der Waals surface area (Å²) in [5.74, 6) is 1.08. The number of Topliss-reactive ketones (excluding diaryl/α,β-unsaturated/α-hetero) is 1. The summed E-state index contributed by atoms with van der Waals surface area (Å²) in [5.41, 5.74) is 3.56. The van der Waals surface area contributed by atoms with Gasteiger partial charge >= 0.3 is 0 Å². The van der Waals surface area contributed by atoms with Gasteiger partial charge in [0.25, 0.3) is 0 Å². The monoisotopic (exact) mass is 342 g/mol. The molecule has 0 amide bonds. The van der Waals surface area contributed by atoms with Crippen LogP contribution in [0.25, 0.3) is 0 Å². The van der Waals surface area contributed by atoms with E-state index >= 15 is 0 Å². The average molecular weight is 343 g/mol. The van der Waals surface area contributed by atoms with Crippen LogP contribution in [0.2, 0.25) is 0 Å². The molecule has 2 rings (SSSR count). The van der Waals surface area contributed by atoms with E-state index in [1.54, 1.807) is 6.08 Å². The van der Waals surface area contributed by atoms with E-state index in [9.17, 15) is 9.59 Å². The van der Waals surface area contributed by atoms with Gasteiger partial charge in [-0.2, -0.15) is 0 Å². The minimum atomic E-state index is 0.138. The molecule has 2 unspecified atom stereocenters. The Bertz CT molecular complexity index is 614. The SMILES string of the molecule is C/C=C/C(=O)C1CCC(C)(C)C=C1C.C=C(C)C1CC=C(C)C(=O)C1. The maximum atomic E-state index is 11.7. The van der Waals surface area contributed by atoms with Crippen molar-refractivity contribution in [3.8, 4) is 0 Å². The molecule has 2 atom stereocenters. The number of ketones is 2. The van der Waals surface area contributed by atoms with Crippen LogP contribution in [0.1, 0.15) is 67.2 Å². The minimum absolute atomic E-state index is 0.138. The van der Waals surface area contributed by atoms with Gasteiger partial charge in [0.15, 0.2) is 11.6 Å². The molecule has 138 valence electrons. The number of allylic oxidation sites excluding steroid dienone is 7. The second kappa shape index (κ2) is 9.12. The van der Waals surface area contributed by atoms with Crippen LogP contribution in [-0.2, 0) is 9.59 Å². The Labute approximate surface area is 153 Å². The van der Waals surface area contributed by atoms with Gasteiger partial charge in [0.2, 0.25) is 0 Å². The lowest BCUT2D eigenvalue weighted by molar-refractivity contribution is -0.118. The van der Waals surface area contributed by atoms with Crippen molar-refractivity contribution < 1.29 is 9.59 Å². The molecule has 0 spiro atoms. The summed E-state index contributed by atoms with van der Waals surface area (Å²) in [6.07, 6.45) is 11.6. The van der Waals surface area contributed by atoms with Crippen molar-refractivity contribution in [3.63, 3.8) is 0 Å². The summed E-state index contributed by atoms with van der Waals surface area (Å²) in [4.78, 5) is 22.9. The first-order valence-electron chi connectivity index (χ1n) is 9.28. The third-order valence-electron chi connectivity index (χ3n) is 5.20. The Morgan fingerprint density at radius 3 is 2.44 bits per heavy atom. The first kappa shape index (κ1) is 21.3. The molecule has 2 aliphatic rings. The Morgan fingerprint density at radius 1 is 1.32 bits per heavy atom. The summed E-state index contributed by atoms with van der Waals surface area (Å²) < 4.78 is 0. The standard InChI is InChI=1S/C13H20O.C10H14O/c1-5-6-12(14)11-7-8-13(3,4)9-10(11)2;1-7(2)9-5-4-8(3)10(11)6-9/h5-6,9,11H,7-8H2,1-4H3;4,9H,1,5-6H2,2-3H3/b6-5+;. The van der Waals surface area contributed by atoms with E-state index < -0.39 is 0 Å². The van der Waals surface area contributed by atoms with E-state index in [0.29, 0.717) is 12.3 Å². The molecule has 0 aromatic heterocycles. The quantitative estimate of drug-likeness (QED) is 0.465. The van der Waals surface area contributed by atoms with Gasteiger partial charge in [0, 0.05) is 12.3 Å². The molecular weight excluding hydrogens is 308 g/mol. The highest BCUT2D eigenvalue weighted by Crippen LogP contribution is 2.36. The van der Waals surface area contributed by atoms with E-state index in [-0.39, 0.29) is 22.9 Å². The van der Waals surface area contributed by atoms with Crippen molar-refractivity contribution in [1.29, 1.82) is 0 Å². The molecule has 0 aliphatic heterocycles. The Kier molecular flexibility index (Phi) is 7.79. The van der Waals surface area contributed by atoms with Gasteiger partial charge in [0.05, 0.1) is 0 Å². The van der Waals surface area contributed by atoms with Crippen molar-refractivity contribution in [2.24, 2.45) is 17.3 Å². The molecule has 2 aliphatic carbocycles. The summed E-state index contributed by atoms with van der Waals surface area (Å²) in [6.45, 7) is 16.2. The lowest BCUT2D eigenvalue weighted by atomic mass is 9.74. The molecule has 0 aromatic rings. The summed E-state index contributed by atoms with van der Waals surface area (Å²) in [7, 11) is 0. The first-order chi connectivity index (χ1) is 11.6. The molecular formula is C23H34O2. The summed E-state index contributed by atoms with van der Waals surface area (Å²) >= 11 is 0. The molecule has 0 heterocycles. The second-order valence-corrected chi connectivity index (χ2v) is 8.16. The molecule has 25 heavy (non-hydrogen) atoms. The zero-order valence-corrected chi connectivity index (χ0v) is 16.8. The van der Waals surface area contributed by atoms with E-state index in [1.165, 1.54) is 5.57 Å². The Morgan fingerprint density at radius 2 is 1.96 bits per heavy atom. The van der Waals surface area contributed by atoms with Crippen molar-refractivity contribution >= 4 is 11.6 Å². The smallest absolute Gasteiger partial charge is 0.162 e. The van der Waals surface area contributed by atoms with Crippen LogP contribution in [0.5, 0.6) is 0 Å². The van der Waals surface area contributed by atoms with Crippen LogP contribution in [0.3, 0.4) is 0 Å². The predicted octanol–water partition coefficient (Wildman–Crippen LogP) is 6.00. The van der Waals surface area contributed by atoms with E-state index in [4.69, 9.17) is 0 Å². The predicted molar refractivity (Wildman–Crippen MR) is 106 cm³/mol. The van der Waals surface area contributed by atoms with Gasteiger partial charge in [-0.25, -0.2) is 0 Å². The molecule has 0 saturated heterocycles. The molecule has 0 fully saturated rings. The van der Waals surface area contributed by atoms with Gasteiger partial charge in [-0.05, 0) is 69.9 Å². The lowest BCUT2D eigenvalue weighted by Gasteiger charge is -2.30. The fourth-order valence-electron chi connectivity index (χ4n) is 3.46. The topological polar surface area (TPSA) is 34.1 Å². The van der Waals surface area contributed by atoms with Crippen LogP contribution in [0.4, 0.5) is 0 Å². The zero-order valence-electron chi connectivity index (χ0n) is 16.8. The van der Waals surface area contributed by atoms with Crippen LogP contribution in [0, 0.1) is 17.3 Å². The third kappa shape index (κ3) is 6.61. The molecule has 2 nitrogen and oxygen atoms in total. The van der Waals surface area contributed by atoms with Crippen molar-refractivity contribution in [2.75, 3.05) is 0 Å². The summed E-state index contributed by atoms with van der Waals surface area (Å²) in [6, 6.07) is 0. The second-order valence-electron chi connectivity index (χ2n) is 8.16. The molecule has 0 N–H and O–H groups in total. The largest absolute Gasteiger partial charge is 0.295 e. The average Bonchev–Trinajstić information content (AvgIpc) is 2.49. The van der Waals surface area contributed by atoms with Gasteiger partial charge < -0.3 is 0 Å². The zero-order chi connectivity index (χ0) is 19.2. The lowest BCUT2D eigenvalue weighted by Crippen LogP contribution is -2.23. The van der Waals surface area contributed by atoms with Crippen LogP contribution in [0.15, 0.2) is 47.6 Å². The maximum Gasteiger partial charge on any atom is 0.162 e. The Hall–Kier alpha value is -1.70. The highest BCUT2D eigenvalue weighted by Gasteiger charge is 2.28. The molecule has 0 aromatic carbocycles. The van der Waals surface area contributed by atoms with Crippen LogP contribution < -0.4 is 0 Å². The normalized spacial score (nSPS) is 25.6. The number of hydrogen-bond acceptors (Lipinski definition) is 2. The third-order valence-corrected chi connectivity index (χ3v) is 5.20. The van der Waals surface area contributed by atoms with E-state index in [1.807, 2.05) is 32.9 Å². The van der Waals surface area contributed by atoms with Crippen LogP contribution in [-0.4, -0.2) is 11.6 Å². The van der Waals surface area contributed by atoms with E-state index in [0.717, 1.165) is 30.4 Å². The van der Waals surface area contributed by atoms with Crippen molar-refractivity contribution in [1.82, 2.24) is 0 Å². The van der Waals surface area contributed by atoms with Gasteiger partial charge in [-0.3, -0.25) is 9.59 Å². The van der Waals surface area contributed by atoms with Gasteiger partial charge in [-0.15, -0.1) is 0 Å². The van der Waals surface area contributed by atoms with Crippen molar-refractivity contribution in [2.45, 2.75) is 67.2 Å². The number of hydrogen-bond donors (Lipinski definition) is 0. The molecule has 0 saturated carbocycles. The summed E-state index contributed by atoms with van der Waals surface area (Å²) in [5, 5.41) is 0. The molecule has 2 heteroatoms. The molecule has 0 radical (unpaired) electrons. The van der Waals surface area contributed by atoms with E-state index in [2.05, 4.69) is 33.4 Å². The highest BCUT2D eigenvalue weighted by molar-refractivity contribution is 5.95. The Balaban J connectivity index is 0.000000257. The number of rotatable bonds is 3. The number of carbonyl (C=O) groups is 2. The van der Waals surface area contributed by atoms with Gasteiger partial charge in [0.1, 0.15) is 0 Å². The fraction of sp³-hybridized carbons (Fsp3) is 0.565.